The van der Waals surface area contributed by atoms with E-state index in [4.69, 9.17) is 14.2 Å². The third-order valence-corrected chi connectivity index (χ3v) is 3.77. The highest BCUT2D eigenvalue weighted by Gasteiger charge is 2.36. The predicted octanol–water partition coefficient (Wildman–Crippen LogP) is 2.42. The van der Waals surface area contributed by atoms with Crippen LogP contribution in [0.25, 0.3) is 0 Å². The zero-order valence-corrected chi connectivity index (χ0v) is 13.3. The van der Waals surface area contributed by atoms with Crippen molar-refractivity contribution in [2.45, 2.75) is 64.8 Å². The quantitative estimate of drug-likeness (QED) is 0.523. The lowest BCUT2D eigenvalue weighted by molar-refractivity contribution is -0.170. The molecule has 0 aromatic carbocycles. The van der Waals surface area contributed by atoms with Crippen LogP contribution in [0.2, 0.25) is 0 Å². The normalized spacial score (nSPS) is 24.9. The summed E-state index contributed by atoms with van der Waals surface area (Å²) in [5, 5.41) is 9.39. The molecule has 1 aliphatic rings. The molecule has 3 unspecified atom stereocenters. The zero-order valence-electron chi connectivity index (χ0n) is 13.3. The molecule has 0 aromatic heterocycles. The highest BCUT2D eigenvalue weighted by molar-refractivity contribution is 5.72. The lowest BCUT2D eigenvalue weighted by Gasteiger charge is -2.33. The van der Waals surface area contributed by atoms with Gasteiger partial charge in [-0.25, -0.2) is 0 Å². The van der Waals surface area contributed by atoms with Gasteiger partial charge < -0.3 is 19.3 Å². The van der Waals surface area contributed by atoms with Gasteiger partial charge in [0.1, 0.15) is 6.10 Å². The average molecular weight is 300 g/mol. The Bertz CT molecular complexity index is 325. The van der Waals surface area contributed by atoms with E-state index in [9.17, 15) is 9.90 Å². The molecule has 3 atom stereocenters. The number of hydrogen-bond donors (Lipinski definition) is 1. The first kappa shape index (κ1) is 18.0. The van der Waals surface area contributed by atoms with Crippen molar-refractivity contribution in [3.63, 3.8) is 0 Å². The summed E-state index contributed by atoms with van der Waals surface area (Å²) in [6, 6.07) is 0. The molecule has 1 heterocycles. The molecule has 0 saturated carbocycles. The first-order chi connectivity index (χ1) is 10.2. The number of rotatable bonds is 9. The number of carbonyl (C=O) groups is 1. The molecule has 21 heavy (non-hydrogen) atoms. The first-order valence-electron chi connectivity index (χ1n) is 7.92. The van der Waals surface area contributed by atoms with Crippen LogP contribution in [0, 0.1) is 5.92 Å². The minimum absolute atomic E-state index is 0.0925. The van der Waals surface area contributed by atoms with Gasteiger partial charge in [0.2, 0.25) is 0 Å². The number of carbonyl (C=O) groups excluding carboxylic acids is 1. The van der Waals surface area contributed by atoms with Gasteiger partial charge in [0.15, 0.2) is 12.2 Å². The molecule has 1 rings (SSSR count). The van der Waals surface area contributed by atoms with E-state index in [2.05, 4.69) is 6.92 Å². The van der Waals surface area contributed by atoms with Crippen LogP contribution in [0.4, 0.5) is 0 Å². The third-order valence-electron chi connectivity index (χ3n) is 3.77. The van der Waals surface area contributed by atoms with Crippen molar-refractivity contribution in [2.75, 3.05) is 13.2 Å². The molecule has 0 aromatic rings. The van der Waals surface area contributed by atoms with Crippen molar-refractivity contribution in [3.05, 3.63) is 12.3 Å². The molecular formula is C16H28O5. The highest BCUT2D eigenvalue weighted by Crippen LogP contribution is 2.21. The van der Waals surface area contributed by atoms with Crippen molar-refractivity contribution >= 4 is 5.97 Å². The van der Waals surface area contributed by atoms with E-state index in [0.29, 0.717) is 6.61 Å². The topological polar surface area (TPSA) is 65.0 Å². The Labute approximate surface area is 127 Å². The van der Waals surface area contributed by atoms with Crippen LogP contribution >= 0.6 is 0 Å². The maximum absolute atomic E-state index is 12.1. The molecule has 0 radical (unpaired) electrons. The number of aliphatic hydroxyl groups excluding tert-OH is 1. The molecule has 0 aliphatic carbocycles. The summed E-state index contributed by atoms with van der Waals surface area (Å²) in [7, 11) is 0. The van der Waals surface area contributed by atoms with Gasteiger partial charge in [-0.05, 0) is 25.3 Å². The Morgan fingerprint density at radius 1 is 1.33 bits per heavy atom. The second kappa shape index (κ2) is 9.79. The zero-order chi connectivity index (χ0) is 15.7. The number of esters is 1. The number of aliphatic hydroxyl groups is 1. The van der Waals surface area contributed by atoms with E-state index in [1.54, 1.807) is 6.08 Å². The Hall–Kier alpha value is -1.07. The van der Waals surface area contributed by atoms with Crippen LogP contribution in [0.5, 0.6) is 0 Å². The fourth-order valence-electron chi connectivity index (χ4n) is 2.29. The van der Waals surface area contributed by atoms with Crippen LogP contribution in [0.15, 0.2) is 12.3 Å². The molecule has 122 valence electrons. The van der Waals surface area contributed by atoms with E-state index >= 15 is 0 Å². The molecule has 5 nitrogen and oxygen atoms in total. The van der Waals surface area contributed by atoms with Crippen molar-refractivity contribution in [1.29, 1.82) is 0 Å². The summed E-state index contributed by atoms with van der Waals surface area (Å²) in [5.41, 5.74) is 0. The SMILES string of the molecule is CCCCOC1C(OC(=O)C(CC)CC)C=COC1CO. The third kappa shape index (κ3) is 5.32. The largest absolute Gasteiger partial charge is 0.493 e. The van der Waals surface area contributed by atoms with Crippen molar-refractivity contribution in [1.82, 2.24) is 0 Å². The van der Waals surface area contributed by atoms with Crippen LogP contribution in [0.1, 0.15) is 46.5 Å². The van der Waals surface area contributed by atoms with Crippen molar-refractivity contribution < 1.29 is 24.1 Å². The fraction of sp³-hybridized carbons (Fsp3) is 0.812. The van der Waals surface area contributed by atoms with Gasteiger partial charge >= 0.3 is 5.97 Å². The van der Waals surface area contributed by atoms with Gasteiger partial charge in [0.05, 0.1) is 18.8 Å². The summed E-state index contributed by atoms with van der Waals surface area (Å²) in [6.45, 7) is 6.42. The monoisotopic (exact) mass is 300 g/mol. The van der Waals surface area contributed by atoms with E-state index < -0.39 is 18.3 Å². The van der Waals surface area contributed by atoms with E-state index in [1.807, 2.05) is 13.8 Å². The average Bonchev–Trinajstić information content (AvgIpc) is 2.50. The summed E-state index contributed by atoms with van der Waals surface area (Å²) in [6.07, 6.45) is 5.17. The maximum atomic E-state index is 12.1. The summed E-state index contributed by atoms with van der Waals surface area (Å²) >= 11 is 0. The fourth-order valence-corrected chi connectivity index (χ4v) is 2.29. The minimum atomic E-state index is -0.499. The van der Waals surface area contributed by atoms with Gasteiger partial charge in [-0.1, -0.05) is 27.2 Å². The number of ether oxygens (including phenoxy) is 3. The van der Waals surface area contributed by atoms with Gasteiger partial charge in [-0.3, -0.25) is 4.79 Å². The maximum Gasteiger partial charge on any atom is 0.309 e. The van der Waals surface area contributed by atoms with Gasteiger partial charge in [-0.2, -0.15) is 0 Å². The standard InChI is InChI=1S/C16H28O5/c1-4-7-9-20-15-13(8-10-19-14(15)11-17)21-16(18)12(5-2)6-3/h8,10,12-15,17H,4-7,9,11H2,1-3H3. The van der Waals surface area contributed by atoms with Crippen LogP contribution < -0.4 is 0 Å². The molecule has 0 bridgehead atoms. The number of unbranched alkanes of at least 4 members (excludes halogenated alkanes) is 1. The summed E-state index contributed by atoms with van der Waals surface area (Å²) in [5.74, 6) is -0.303. The number of hydrogen-bond acceptors (Lipinski definition) is 5. The van der Waals surface area contributed by atoms with E-state index in [1.165, 1.54) is 6.26 Å². The molecule has 1 N–H and O–H groups in total. The van der Waals surface area contributed by atoms with Crippen LogP contribution in [-0.4, -0.2) is 42.6 Å². The molecule has 0 fully saturated rings. The summed E-state index contributed by atoms with van der Waals surface area (Å²) < 4.78 is 16.7. The van der Waals surface area contributed by atoms with Gasteiger partial charge in [0, 0.05) is 6.61 Å². The van der Waals surface area contributed by atoms with E-state index in [0.717, 1.165) is 25.7 Å². The lowest BCUT2D eigenvalue weighted by atomic mass is 10.0. The Balaban J connectivity index is 2.68. The van der Waals surface area contributed by atoms with E-state index in [-0.39, 0.29) is 18.5 Å². The van der Waals surface area contributed by atoms with Crippen molar-refractivity contribution in [2.24, 2.45) is 5.92 Å². The molecule has 0 spiro atoms. The molecular weight excluding hydrogens is 272 g/mol. The van der Waals surface area contributed by atoms with Gasteiger partial charge in [-0.15, -0.1) is 0 Å². The molecule has 0 amide bonds. The minimum Gasteiger partial charge on any atom is -0.493 e. The second-order valence-electron chi connectivity index (χ2n) is 5.29. The van der Waals surface area contributed by atoms with Crippen LogP contribution in [-0.2, 0) is 19.0 Å². The van der Waals surface area contributed by atoms with Gasteiger partial charge in [0.25, 0.3) is 0 Å². The lowest BCUT2D eigenvalue weighted by Crippen LogP contribution is -2.46. The Morgan fingerprint density at radius 2 is 2.05 bits per heavy atom. The predicted molar refractivity (Wildman–Crippen MR) is 79.7 cm³/mol. The van der Waals surface area contributed by atoms with Crippen LogP contribution in [0.3, 0.4) is 0 Å². The summed E-state index contributed by atoms with van der Waals surface area (Å²) in [4.78, 5) is 12.1. The smallest absolute Gasteiger partial charge is 0.309 e. The second-order valence-corrected chi connectivity index (χ2v) is 5.29. The first-order valence-corrected chi connectivity index (χ1v) is 7.92. The van der Waals surface area contributed by atoms with Crippen molar-refractivity contribution in [3.8, 4) is 0 Å². The molecule has 0 saturated heterocycles. The highest BCUT2D eigenvalue weighted by atomic mass is 16.6. The molecule has 5 heteroatoms. The molecule has 1 aliphatic heterocycles. The Kier molecular flexibility index (Phi) is 8.38. The Morgan fingerprint density at radius 3 is 2.62 bits per heavy atom.